The largest absolute Gasteiger partial charge is 0.299 e. The molecule has 0 bridgehead atoms. The van der Waals surface area contributed by atoms with Gasteiger partial charge in [0.2, 0.25) is 5.82 Å². The Kier molecular flexibility index (Phi) is 2.80. The van der Waals surface area contributed by atoms with Gasteiger partial charge in [-0.2, -0.15) is 0 Å². The number of rotatable bonds is 2. The number of nitrogens with zero attached hydrogens (tertiary/aromatic N) is 3. The van der Waals surface area contributed by atoms with Gasteiger partial charge in [-0.05, 0) is 30.5 Å². The second kappa shape index (κ2) is 3.97. The molecule has 2 aromatic heterocycles. The summed E-state index contributed by atoms with van der Waals surface area (Å²) in [6.45, 7) is 3.83. The molecule has 0 aromatic carbocycles. The first-order valence-corrected chi connectivity index (χ1v) is 5.25. The standard InChI is InChI=1S/C10H10ClF2N3/c1-3-6-5(2)4-7-14-10(9(12)13)15-16(7)8(6)11/h4,9H,3H2,1-2H3. The number of halogens is 3. The average Bonchev–Trinajstić information content (AvgIpc) is 2.62. The zero-order valence-corrected chi connectivity index (χ0v) is 9.59. The summed E-state index contributed by atoms with van der Waals surface area (Å²) in [5.41, 5.74) is 2.20. The number of hydrogen-bond donors (Lipinski definition) is 0. The molecule has 0 aliphatic rings. The van der Waals surface area contributed by atoms with Gasteiger partial charge in [0.1, 0.15) is 5.15 Å². The van der Waals surface area contributed by atoms with E-state index in [0.29, 0.717) is 10.8 Å². The van der Waals surface area contributed by atoms with Gasteiger partial charge in [0, 0.05) is 0 Å². The van der Waals surface area contributed by atoms with Gasteiger partial charge in [-0.3, -0.25) is 0 Å². The zero-order valence-electron chi connectivity index (χ0n) is 8.84. The van der Waals surface area contributed by atoms with Crippen molar-refractivity contribution in [2.24, 2.45) is 0 Å². The summed E-state index contributed by atoms with van der Waals surface area (Å²) >= 11 is 6.08. The maximum Gasteiger partial charge on any atom is 0.299 e. The first-order chi connectivity index (χ1) is 7.54. The Morgan fingerprint density at radius 2 is 2.19 bits per heavy atom. The molecule has 0 radical (unpaired) electrons. The smallest absolute Gasteiger partial charge is 0.206 e. The fourth-order valence-corrected chi connectivity index (χ4v) is 2.07. The van der Waals surface area contributed by atoms with Crippen LogP contribution >= 0.6 is 11.6 Å². The molecule has 6 heteroatoms. The van der Waals surface area contributed by atoms with Crippen LogP contribution in [-0.2, 0) is 6.42 Å². The molecule has 86 valence electrons. The van der Waals surface area contributed by atoms with Crippen molar-refractivity contribution >= 4 is 17.2 Å². The summed E-state index contributed by atoms with van der Waals surface area (Å²) < 4.78 is 26.1. The molecule has 2 rings (SSSR count). The second-order valence-corrected chi connectivity index (χ2v) is 3.85. The maximum atomic E-state index is 12.4. The van der Waals surface area contributed by atoms with Gasteiger partial charge in [0.25, 0.3) is 6.43 Å². The van der Waals surface area contributed by atoms with Crippen LogP contribution in [0.2, 0.25) is 5.15 Å². The number of aryl methyl sites for hydroxylation is 1. The third kappa shape index (κ3) is 1.65. The monoisotopic (exact) mass is 245 g/mol. The Balaban J connectivity index is 2.73. The molecule has 0 fully saturated rings. The highest BCUT2D eigenvalue weighted by Crippen LogP contribution is 2.24. The van der Waals surface area contributed by atoms with Crippen molar-refractivity contribution in [1.82, 2.24) is 14.6 Å². The van der Waals surface area contributed by atoms with Gasteiger partial charge in [0.15, 0.2) is 5.65 Å². The van der Waals surface area contributed by atoms with E-state index in [9.17, 15) is 8.78 Å². The molecule has 0 unspecified atom stereocenters. The van der Waals surface area contributed by atoms with Crippen LogP contribution in [0, 0.1) is 6.92 Å². The Hall–Kier alpha value is -1.23. The van der Waals surface area contributed by atoms with Crippen LogP contribution in [0.4, 0.5) is 8.78 Å². The molecule has 2 heterocycles. The van der Waals surface area contributed by atoms with Crippen molar-refractivity contribution in [3.05, 3.63) is 28.2 Å². The van der Waals surface area contributed by atoms with E-state index in [2.05, 4.69) is 10.1 Å². The molecule has 16 heavy (non-hydrogen) atoms. The Morgan fingerprint density at radius 1 is 1.50 bits per heavy atom. The first kappa shape index (κ1) is 11.3. The van der Waals surface area contributed by atoms with E-state index in [0.717, 1.165) is 17.5 Å². The van der Waals surface area contributed by atoms with Gasteiger partial charge >= 0.3 is 0 Å². The van der Waals surface area contributed by atoms with Crippen molar-refractivity contribution in [2.45, 2.75) is 26.7 Å². The molecule has 0 atom stereocenters. The van der Waals surface area contributed by atoms with Gasteiger partial charge in [0.05, 0.1) is 0 Å². The lowest BCUT2D eigenvalue weighted by Gasteiger charge is -2.06. The van der Waals surface area contributed by atoms with Gasteiger partial charge in [-0.15, -0.1) is 5.10 Å². The fraction of sp³-hybridized carbons (Fsp3) is 0.400. The van der Waals surface area contributed by atoms with Gasteiger partial charge in [-0.1, -0.05) is 18.5 Å². The minimum atomic E-state index is -2.68. The second-order valence-electron chi connectivity index (χ2n) is 3.49. The normalized spacial score (nSPS) is 11.6. The van der Waals surface area contributed by atoms with Crippen LogP contribution in [0.1, 0.15) is 30.3 Å². The number of pyridine rings is 1. The summed E-state index contributed by atoms with van der Waals surface area (Å²) in [6, 6.07) is 1.71. The lowest BCUT2D eigenvalue weighted by Crippen LogP contribution is -1.98. The molecule has 0 spiro atoms. The topological polar surface area (TPSA) is 30.2 Å². The lowest BCUT2D eigenvalue weighted by atomic mass is 10.1. The van der Waals surface area contributed by atoms with Crippen molar-refractivity contribution < 1.29 is 8.78 Å². The van der Waals surface area contributed by atoms with Gasteiger partial charge in [-0.25, -0.2) is 18.3 Å². The third-order valence-electron chi connectivity index (χ3n) is 2.45. The van der Waals surface area contributed by atoms with E-state index in [1.807, 2.05) is 13.8 Å². The van der Waals surface area contributed by atoms with Crippen LogP contribution in [-0.4, -0.2) is 14.6 Å². The molecule has 3 nitrogen and oxygen atoms in total. The van der Waals surface area contributed by atoms with E-state index < -0.39 is 12.2 Å². The SMILES string of the molecule is CCc1c(C)cc2nc(C(F)F)nn2c1Cl. The van der Waals surface area contributed by atoms with Crippen molar-refractivity contribution in [2.75, 3.05) is 0 Å². The summed E-state index contributed by atoms with van der Waals surface area (Å²) in [7, 11) is 0. The molecule has 0 aliphatic carbocycles. The van der Waals surface area contributed by atoms with Crippen LogP contribution in [0.3, 0.4) is 0 Å². The number of alkyl halides is 2. The van der Waals surface area contributed by atoms with E-state index >= 15 is 0 Å². The van der Waals surface area contributed by atoms with Crippen molar-refractivity contribution in [1.29, 1.82) is 0 Å². The minimum absolute atomic E-state index is 0.356. The highest BCUT2D eigenvalue weighted by molar-refractivity contribution is 6.30. The van der Waals surface area contributed by atoms with Gasteiger partial charge < -0.3 is 0 Å². The predicted molar refractivity (Wildman–Crippen MR) is 57.1 cm³/mol. The van der Waals surface area contributed by atoms with Crippen LogP contribution in [0.5, 0.6) is 0 Å². The summed E-state index contributed by atoms with van der Waals surface area (Å²) in [5, 5.41) is 4.04. The summed E-state index contributed by atoms with van der Waals surface area (Å²) in [4.78, 5) is 3.73. The van der Waals surface area contributed by atoms with E-state index in [1.54, 1.807) is 6.07 Å². The number of fused-ring (bicyclic) bond motifs is 1. The van der Waals surface area contributed by atoms with Crippen molar-refractivity contribution in [3.8, 4) is 0 Å². The highest BCUT2D eigenvalue weighted by atomic mass is 35.5. The van der Waals surface area contributed by atoms with E-state index in [1.165, 1.54) is 4.52 Å². The Morgan fingerprint density at radius 3 is 2.75 bits per heavy atom. The predicted octanol–water partition coefficient (Wildman–Crippen LogP) is 3.19. The first-order valence-electron chi connectivity index (χ1n) is 4.87. The van der Waals surface area contributed by atoms with E-state index in [4.69, 9.17) is 11.6 Å². The van der Waals surface area contributed by atoms with Crippen molar-refractivity contribution in [3.63, 3.8) is 0 Å². The van der Waals surface area contributed by atoms with Crippen LogP contribution < -0.4 is 0 Å². The molecule has 0 saturated heterocycles. The Labute approximate surface area is 96.1 Å². The molecule has 0 N–H and O–H groups in total. The molecule has 0 aliphatic heterocycles. The Bertz CT molecular complexity index is 536. The number of hydrogen-bond acceptors (Lipinski definition) is 2. The summed E-state index contributed by atoms with van der Waals surface area (Å²) in [5.74, 6) is -0.491. The zero-order chi connectivity index (χ0) is 11.9. The maximum absolute atomic E-state index is 12.4. The molecular formula is C10H10ClF2N3. The third-order valence-corrected chi connectivity index (χ3v) is 2.84. The molecular weight excluding hydrogens is 236 g/mol. The quantitative estimate of drug-likeness (QED) is 0.761. The van der Waals surface area contributed by atoms with Crippen LogP contribution in [0.15, 0.2) is 6.07 Å². The molecule has 0 amide bonds. The lowest BCUT2D eigenvalue weighted by molar-refractivity contribution is 0.140. The fourth-order valence-electron chi connectivity index (χ4n) is 1.67. The average molecular weight is 246 g/mol. The molecule has 0 saturated carbocycles. The minimum Gasteiger partial charge on any atom is -0.206 e. The summed E-state index contributed by atoms with van der Waals surface area (Å²) in [6.07, 6.45) is -1.95. The van der Waals surface area contributed by atoms with E-state index in [-0.39, 0.29) is 0 Å². The number of aromatic nitrogens is 3. The highest BCUT2D eigenvalue weighted by Gasteiger charge is 2.17. The molecule has 2 aromatic rings. The van der Waals surface area contributed by atoms with Crippen LogP contribution in [0.25, 0.3) is 5.65 Å².